The Hall–Kier alpha value is -2.53. The van der Waals surface area contributed by atoms with Gasteiger partial charge in [-0.15, -0.1) is 10.2 Å². The molecule has 2 heterocycles. The number of nitrogens with zero attached hydrogens (tertiary/aromatic N) is 4. The van der Waals surface area contributed by atoms with Crippen LogP contribution in [0.5, 0.6) is 11.5 Å². The summed E-state index contributed by atoms with van der Waals surface area (Å²) >= 11 is 2.86. The Morgan fingerprint density at radius 1 is 1.09 bits per heavy atom. The average Bonchev–Trinajstić information content (AvgIpc) is 3.27. The van der Waals surface area contributed by atoms with Gasteiger partial charge in [0.2, 0.25) is 11.0 Å². The highest BCUT2D eigenvalue weighted by molar-refractivity contribution is 8.01. The number of benzene rings is 1. The SMILES string of the molecule is CCOc1ccc(C(=O)N2CCN(c3nnc(SCC(=O)NC(C)C)s3)CC2)cc1OCC. The third-order valence-electron chi connectivity index (χ3n) is 4.80. The number of carbonyl (C=O) groups excluding carboxylic acids is 2. The Balaban J connectivity index is 1.54. The number of piperazine rings is 1. The van der Waals surface area contributed by atoms with Gasteiger partial charge in [0, 0.05) is 37.8 Å². The van der Waals surface area contributed by atoms with Crippen LogP contribution in [0.15, 0.2) is 22.5 Å². The van der Waals surface area contributed by atoms with Crippen LogP contribution in [0.3, 0.4) is 0 Å². The Kier molecular flexibility index (Phi) is 9.19. The molecule has 0 atom stereocenters. The smallest absolute Gasteiger partial charge is 0.254 e. The van der Waals surface area contributed by atoms with Gasteiger partial charge in [0.25, 0.3) is 5.91 Å². The van der Waals surface area contributed by atoms with Gasteiger partial charge in [-0.2, -0.15) is 0 Å². The summed E-state index contributed by atoms with van der Waals surface area (Å²) in [5.74, 6) is 1.52. The minimum Gasteiger partial charge on any atom is -0.490 e. The van der Waals surface area contributed by atoms with E-state index in [1.54, 1.807) is 18.2 Å². The van der Waals surface area contributed by atoms with Crippen LogP contribution in [-0.2, 0) is 4.79 Å². The lowest BCUT2D eigenvalue weighted by molar-refractivity contribution is -0.119. The van der Waals surface area contributed by atoms with Crippen molar-refractivity contribution >= 4 is 40.0 Å². The predicted molar refractivity (Wildman–Crippen MR) is 131 cm³/mol. The van der Waals surface area contributed by atoms with Crippen molar-refractivity contribution in [2.75, 3.05) is 50.0 Å². The summed E-state index contributed by atoms with van der Waals surface area (Å²) in [6.07, 6.45) is 0. The van der Waals surface area contributed by atoms with Gasteiger partial charge >= 0.3 is 0 Å². The van der Waals surface area contributed by atoms with Gasteiger partial charge in [-0.1, -0.05) is 23.1 Å². The fourth-order valence-corrected chi connectivity index (χ4v) is 5.05. The van der Waals surface area contributed by atoms with E-state index in [0.29, 0.717) is 62.2 Å². The number of rotatable bonds is 10. The summed E-state index contributed by atoms with van der Waals surface area (Å²) in [6, 6.07) is 5.45. The monoisotopic (exact) mass is 493 g/mol. The maximum absolute atomic E-state index is 13.0. The Bertz CT molecular complexity index is 945. The quantitative estimate of drug-likeness (QED) is 0.505. The van der Waals surface area contributed by atoms with E-state index in [4.69, 9.17) is 9.47 Å². The van der Waals surface area contributed by atoms with E-state index in [1.807, 2.05) is 32.6 Å². The number of thioether (sulfide) groups is 1. The zero-order valence-corrected chi connectivity index (χ0v) is 21.1. The van der Waals surface area contributed by atoms with Gasteiger partial charge in [-0.3, -0.25) is 9.59 Å². The third-order valence-corrected chi connectivity index (χ3v) is 6.92. The van der Waals surface area contributed by atoms with Crippen molar-refractivity contribution in [3.05, 3.63) is 23.8 Å². The van der Waals surface area contributed by atoms with Crippen LogP contribution >= 0.6 is 23.1 Å². The van der Waals surface area contributed by atoms with Crippen molar-refractivity contribution in [3.8, 4) is 11.5 Å². The minimum atomic E-state index is -0.0247. The topological polar surface area (TPSA) is 96.9 Å². The number of aromatic nitrogens is 2. The number of anilines is 1. The van der Waals surface area contributed by atoms with Crippen molar-refractivity contribution in [1.82, 2.24) is 20.4 Å². The molecular formula is C22H31N5O4S2. The standard InChI is InChI=1S/C22H31N5O4S2/c1-5-30-17-8-7-16(13-18(17)31-6-2)20(29)26-9-11-27(12-10-26)21-24-25-22(33-21)32-14-19(28)23-15(3)4/h7-8,13,15H,5-6,9-12,14H2,1-4H3,(H,23,28). The van der Waals surface area contributed by atoms with Crippen molar-refractivity contribution in [1.29, 1.82) is 0 Å². The first kappa shape index (κ1) is 25.1. The minimum absolute atomic E-state index is 0.0133. The van der Waals surface area contributed by atoms with Gasteiger partial charge < -0.3 is 24.6 Å². The zero-order valence-electron chi connectivity index (χ0n) is 19.5. The molecule has 2 aromatic rings. The molecule has 2 amide bonds. The highest BCUT2D eigenvalue weighted by Crippen LogP contribution is 2.30. The predicted octanol–water partition coefficient (Wildman–Crippen LogP) is 2.91. The first-order chi connectivity index (χ1) is 15.9. The number of ether oxygens (including phenoxy) is 2. The highest BCUT2D eigenvalue weighted by Gasteiger charge is 2.25. The zero-order chi connectivity index (χ0) is 23.8. The largest absolute Gasteiger partial charge is 0.490 e. The summed E-state index contributed by atoms with van der Waals surface area (Å²) in [5.41, 5.74) is 0.588. The molecule has 1 aliphatic rings. The van der Waals surface area contributed by atoms with Crippen LogP contribution in [0.4, 0.5) is 5.13 Å². The van der Waals surface area contributed by atoms with Gasteiger partial charge in [0.1, 0.15) is 0 Å². The van der Waals surface area contributed by atoms with Crippen LogP contribution in [0, 0.1) is 0 Å². The van der Waals surface area contributed by atoms with Crippen LogP contribution in [0.2, 0.25) is 0 Å². The van der Waals surface area contributed by atoms with Gasteiger partial charge in [-0.05, 0) is 45.9 Å². The molecule has 33 heavy (non-hydrogen) atoms. The number of nitrogens with one attached hydrogen (secondary N) is 1. The fraction of sp³-hybridized carbons (Fsp3) is 0.545. The summed E-state index contributed by atoms with van der Waals surface area (Å²) in [7, 11) is 0. The van der Waals surface area contributed by atoms with Crippen molar-refractivity contribution < 1.29 is 19.1 Å². The normalized spacial score (nSPS) is 13.8. The number of amides is 2. The van der Waals surface area contributed by atoms with Crippen molar-refractivity contribution in [2.45, 2.75) is 38.1 Å². The maximum atomic E-state index is 13.0. The van der Waals surface area contributed by atoms with Gasteiger partial charge in [-0.25, -0.2) is 0 Å². The molecule has 0 spiro atoms. The van der Waals surface area contributed by atoms with E-state index in [2.05, 4.69) is 20.4 Å². The maximum Gasteiger partial charge on any atom is 0.254 e. The van der Waals surface area contributed by atoms with Crippen LogP contribution in [0.25, 0.3) is 0 Å². The van der Waals surface area contributed by atoms with Crippen LogP contribution in [-0.4, -0.2) is 78.1 Å². The summed E-state index contributed by atoms with van der Waals surface area (Å²) in [6.45, 7) is 11.3. The molecule has 0 aliphatic carbocycles. The summed E-state index contributed by atoms with van der Waals surface area (Å²) in [5, 5.41) is 12.2. The second-order valence-corrected chi connectivity index (χ2v) is 9.85. The van der Waals surface area contributed by atoms with Crippen LogP contribution < -0.4 is 19.7 Å². The molecule has 0 radical (unpaired) electrons. The lowest BCUT2D eigenvalue weighted by Gasteiger charge is -2.34. The van der Waals surface area contributed by atoms with E-state index >= 15 is 0 Å². The molecule has 1 aromatic carbocycles. The average molecular weight is 494 g/mol. The van der Waals surface area contributed by atoms with Gasteiger partial charge in [0.05, 0.1) is 19.0 Å². The molecule has 1 saturated heterocycles. The molecule has 3 rings (SSSR count). The number of hydrogen-bond donors (Lipinski definition) is 1. The van der Waals surface area contributed by atoms with Crippen LogP contribution in [0.1, 0.15) is 38.1 Å². The van der Waals surface area contributed by atoms with E-state index in [1.165, 1.54) is 23.1 Å². The Morgan fingerprint density at radius 3 is 2.45 bits per heavy atom. The molecule has 180 valence electrons. The molecule has 1 fully saturated rings. The third kappa shape index (κ3) is 6.97. The molecule has 9 nitrogen and oxygen atoms in total. The first-order valence-electron chi connectivity index (χ1n) is 11.1. The first-order valence-corrected chi connectivity index (χ1v) is 12.9. The highest BCUT2D eigenvalue weighted by atomic mass is 32.2. The molecule has 0 unspecified atom stereocenters. The molecule has 1 aromatic heterocycles. The fourth-order valence-electron chi connectivity index (χ4n) is 3.35. The van der Waals surface area contributed by atoms with Gasteiger partial charge in [0.15, 0.2) is 15.8 Å². The van der Waals surface area contributed by atoms with E-state index in [0.717, 1.165) is 9.47 Å². The molecular weight excluding hydrogens is 462 g/mol. The molecule has 0 saturated carbocycles. The van der Waals surface area contributed by atoms with Crippen molar-refractivity contribution in [2.24, 2.45) is 0 Å². The molecule has 1 aliphatic heterocycles. The Morgan fingerprint density at radius 2 is 1.79 bits per heavy atom. The lowest BCUT2D eigenvalue weighted by atomic mass is 10.1. The number of carbonyl (C=O) groups is 2. The van der Waals surface area contributed by atoms with Crippen molar-refractivity contribution in [3.63, 3.8) is 0 Å². The molecule has 11 heteroatoms. The van der Waals surface area contributed by atoms with E-state index in [9.17, 15) is 9.59 Å². The lowest BCUT2D eigenvalue weighted by Crippen LogP contribution is -2.48. The molecule has 1 N–H and O–H groups in total. The second kappa shape index (κ2) is 12.1. The Labute approximate surface area is 202 Å². The number of hydrogen-bond acceptors (Lipinski definition) is 9. The van der Waals surface area contributed by atoms with E-state index < -0.39 is 0 Å². The second-order valence-electron chi connectivity index (χ2n) is 7.67. The summed E-state index contributed by atoms with van der Waals surface area (Å²) in [4.78, 5) is 28.8. The van der Waals surface area contributed by atoms with E-state index in [-0.39, 0.29) is 17.9 Å². The molecule has 0 bridgehead atoms. The summed E-state index contributed by atoms with van der Waals surface area (Å²) < 4.78 is 12.0.